The smallest absolute Gasteiger partial charge is 0.234 e. The van der Waals surface area contributed by atoms with Gasteiger partial charge in [0.15, 0.2) is 11.0 Å². The van der Waals surface area contributed by atoms with Crippen molar-refractivity contribution in [2.75, 3.05) is 11.1 Å². The number of hydrogen-bond acceptors (Lipinski definition) is 5. The first-order valence-corrected chi connectivity index (χ1v) is 9.66. The third-order valence-electron chi connectivity index (χ3n) is 3.48. The molecule has 1 aromatic carbocycles. The monoisotopic (exact) mass is 419 g/mol. The lowest BCUT2D eigenvalue weighted by Crippen LogP contribution is -2.15. The highest BCUT2D eigenvalue weighted by molar-refractivity contribution is 7.99. The van der Waals surface area contributed by atoms with Crippen LogP contribution in [0.25, 0.3) is 11.5 Å². The van der Waals surface area contributed by atoms with Gasteiger partial charge in [0.2, 0.25) is 5.91 Å². The second-order valence-corrected chi connectivity index (χ2v) is 7.11. The van der Waals surface area contributed by atoms with Crippen LogP contribution < -0.4 is 5.32 Å². The van der Waals surface area contributed by atoms with Gasteiger partial charge >= 0.3 is 0 Å². The van der Waals surface area contributed by atoms with Gasteiger partial charge in [-0.05, 0) is 24.3 Å². The summed E-state index contributed by atoms with van der Waals surface area (Å²) in [6.45, 7) is 4.27. The molecule has 0 bridgehead atoms. The maximum absolute atomic E-state index is 12.3. The highest BCUT2D eigenvalue weighted by Gasteiger charge is 2.16. The topological polar surface area (TPSA) is 72.7 Å². The molecule has 6 nitrogen and oxygen atoms in total. The van der Waals surface area contributed by atoms with Gasteiger partial charge < -0.3 is 5.32 Å². The fraction of sp³-hybridized carbons (Fsp3) is 0.111. The predicted molar refractivity (Wildman–Crippen MR) is 109 cm³/mol. The molecule has 0 aliphatic rings. The number of amides is 1. The van der Waals surface area contributed by atoms with Gasteiger partial charge in [-0.1, -0.05) is 53.2 Å². The van der Waals surface area contributed by atoms with Crippen LogP contribution in [-0.4, -0.2) is 31.4 Å². The van der Waals surface area contributed by atoms with Gasteiger partial charge in [0.05, 0.1) is 21.5 Å². The van der Waals surface area contributed by atoms with Crippen LogP contribution in [0.15, 0.2) is 60.4 Å². The molecule has 138 valence electrons. The molecule has 0 atom stereocenters. The standard InChI is InChI=1S/C18H15Cl2N5OS/c1-2-10-25-17(14-8-3-4-9-21-14)23-24-18(25)27-11-15(26)22-16-12(19)6-5-7-13(16)20/h2-9H,1,10-11H2,(H,22,26). The summed E-state index contributed by atoms with van der Waals surface area (Å²) in [4.78, 5) is 16.6. The second kappa shape index (κ2) is 9.03. The Hall–Kier alpha value is -2.35. The Morgan fingerprint density at radius 2 is 1.96 bits per heavy atom. The highest BCUT2D eigenvalue weighted by Crippen LogP contribution is 2.30. The Balaban J connectivity index is 1.73. The summed E-state index contributed by atoms with van der Waals surface area (Å²) in [5.74, 6) is 0.495. The van der Waals surface area contributed by atoms with Crippen LogP contribution in [-0.2, 0) is 11.3 Å². The van der Waals surface area contributed by atoms with E-state index in [2.05, 4.69) is 27.1 Å². The molecule has 0 spiro atoms. The van der Waals surface area contributed by atoms with Crippen molar-refractivity contribution in [2.45, 2.75) is 11.7 Å². The first-order valence-electron chi connectivity index (χ1n) is 7.92. The minimum absolute atomic E-state index is 0.124. The molecule has 2 aromatic heterocycles. The number of hydrogen-bond donors (Lipinski definition) is 1. The molecule has 1 N–H and O–H groups in total. The SMILES string of the molecule is C=CCn1c(SCC(=O)Nc2c(Cl)cccc2Cl)nnc1-c1ccccn1. The van der Waals surface area contributed by atoms with Crippen molar-refractivity contribution < 1.29 is 4.79 Å². The number of aromatic nitrogens is 4. The minimum atomic E-state index is -0.248. The highest BCUT2D eigenvalue weighted by atomic mass is 35.5. The van der Waals surface area contributed by atoms with Crippen LogP contribution in [0.3, 0.4) is 0 Å². The van der Waals surface area contributed by atoms with Gasteiger partial charge in [0, 0.05) is 12.7 Å². The fourth-order valence-corrected chi connectivity index (χ4v) is 3.54. The molecule has 3 aromatic rings. The summed E-state index contributed by atoms with van der Waals surface area (Å²) in [7, 11) is 0. The van der Waals surface area contributed by atoms with Gasteiger partial charge in [-0.25, -0.2) is 0 Å². The van der Waals surface area contributed by atoms with E-state index in [1.807, 2.05) is 22.8 Å². The number of halogens is 2. The van der Waals surface area contributed by atoms with E-state index < -0.39 is 0 Å². The van der Waals surface area contributed by atoms with E-state index in [1.165, 1.54) is 11.8 Å². The summed E-state index contributed by atoms with van der Waals surface area (Å²) in [6.07, 6.45) is 3.43. The average molecular weight is 420 g/mol. The van der Waals surface area contributed by atoms with Crippen molar-refractivity contribution in [3.8, 4) is 11.5 Å². The molecular weight excluding hydrogens is 405 g/mol. The summed E-state index contributed by atoms with van der Waals surface area (Å²) in [6, 6.07) is 10.6. The number of thioether (sulfide) groups is 1. The third-order valence-corrected chi connectivity index (χ3v) is 5.08. The molecule has 3 rings (SSSR count). The molecule has 1 amide bonds. The zero-order valence-electron chi connectivity index (χ0n) is 14.1. The minimum Gasteiger partial charge on any atom is -0.323 e. The largest absolute Gasteiger partial charge is 0.323 e. The summed E-state index contributed by atoms with van der Waals surface area (Å²) in [5.41, 5.74) is 1.10. The van der Waals surface area contributed by atoms with E-state index in [1.54, 1.807) is 30.5 Å². The number of allylic oxidation sites excluding steroid dienone is 1. The fourth-order valence-electron chi connectivity index (χ4n) is 2.30. The lowest BCUT2D eigenvalue weighted by Gasteiger charge is -2.09. The zero-order chi connectivity index (χ0) is 19.2. The number of pyridine rings is 1. The van der Waals surface area contributed by atoms with E-state index in [0.29, 0.717) is 39.0 Å². The molecule has 2 heterocycles. The Labute approximate surface area is 170 Å². The molecule has 0 saturated heterocycles. The molecular formula is C18H15Cl2N5OS. The quantitative estimate of drug-likeness (QED) is 0.448. The number of carbonyl (C=O) groups excluding carboxylic acids is 1. The third kappa shape index (κ3) is 4.68. The number of anilines is 1. The summed E-state index contributed by atoms with van der Waals surface area (Å²) < 4.78 is 1.86. The molecule has 0 fully saturated rings. The number of benzene rings is 1. The Morgan fingerprint density at radius 3 is 2.63 bits per heavy atom. The first-order chi connectivity index (χ1) is 13.1. The molecule has 27 heavy (non-hydrogen) atoms. The van der Waals surface area contributed by atoms with Crippen LogP contribution in [0.5, 0.6) is 0 Å². The van der Waals surface area contributed by atoms with Gasteiger partial charge in [-0.2, -0.15) is 0 Å². The van der Waals surface area contributed by atoms with Crippen LogP contribution in [0.1, 0.15) is 0 Å². The maximum Gasteiger partial charge on any atom is 0.234 e. The number of nitrogens with one attached hydrogen (secondary N) is 1. The number of nitrogens with zero attached hydrogens (tertiary/aromatic N) is 4. The summed E-state index contributed by atoms with van der Waals surface area (Å²) >= 11 is 13.4. The molecule has 9 heteroatoms. The maximum atomic E-state index is 12.3. The van der Waals surface area contributed by atoms with Crippen LogP contribution in [0.2, 0.25) is 10.0 Å². The van der Waals surface area contributed by atoms with E-state index >= 15 is 0 Å². The normalized spacial score (nSPS) is 10.6. The van der Waals surface area contributed by atoms with E-state index in [4.69, 9.17) is 23.2 Å². The Morgan fingerprint density at radius 1 is 1.19 bits per heavy atom. The van der Waals surface area contributed by atoms with Crippen molar-refractivity contribution >= 4 is 46.6 Å². The van der Waals surface area contributed by atoms with Crippen molar-refractivity contribution in [3.05, 3.63) is 65.3 Å². The lowest BCUT2D eigenvalue weighted by molar-refractivity contribution is -0.113. The number of para-hydroxylation sites is 1. The van der Waals surface area contributed by atoms with Crippen molar-refractivity contribution in [1.82, 2.24) is 19.7 Å². The van der Waals surface area contributed by atoms with Gasteiger partial charge in [0.1, 0.15) is 5.69 Å². The Kier molecular flexibility index (Phi) is 6.49. The zero-order valence-corrected chi connectivity index (χ0v) is 16.4. The van der Waals surface area contributed by atoms with Crippen LogP contribution in [0.4, 0.5) is 5.69 Å². The van der Waals surface area contributed by atoms with E-state index in [-0.39, 0.29) is 11.7 Å². The van der Waals surface area contributed by atoms with Crippen molar-refractivity contribution in [1.29, 1.82) is 0 Å². The van der Waals surface area contributed by atoms with E-state index in [9.17, 15) is 4.79 Å². The van der Waals surface area contributed by atoms with E-state index in [0.717, 1.165) is 0 Å². The van der Waals surface area contributed by atoms with Gasteiger partial charge in [-0.15, -0.1) is 16.8 Å². The van der Waals surface area contributed by atoms with Crippen LogP contribution >= 0.6 is 35.0 Å². The van der Waals surface area contributed by atoms with Gasteiger partial charge in [0.25, 0.3) is 0 Å². The van der Waals surface area contributed by atoms with Crippen molar-refractivity contribution in [3.63, 3.8) is 0 Å². The molecule has 0 aliphatic carbocycles. The van der Waals surface area contributed by atoms with Crippen LogP contribution in [0, 0.1) is 0 Å². The van der Waals surface area contributed by atoms with Gasteiger partial charge in [-0.3, -0.25) is 14.3 Å². The number of carbonyl (C=O) groups is 1. The molecule has 0 saturated carbocycles. The lowest BCUT2D eigenvalue weighted by atomic mass is 10.3. The summed E-state index contributed by atoms with van der Waals surface area (Å²) in [5, 5.41) is 12.5. The average Bonchev–Trinajstić information content (AvgIpc) is 3.07. The molecule has 0 unspecified atom stereocenters. The van der Waals surface area contributed by atoms with Crippen molar-refractivity contribution in [2.24, 2.45) is 0 Å². The molecule has 0 radical (unpaired) electrons. The Bertz CT molecular complexity index is 941. The number of rotatable bonds is 7. The second-order valence-electron chi connectivity index (χ2n) is 5.35. The molecule has 0 aliphatic heterocycles. The first kappa shape index (κ1) is 19.4. The predicted octanol–water partition coefficient (Wildman–Crippen LogP) is 4.56.